The van der Waals surface area contributed by atoms with E-state index in [1.165, 1.54) is 11.1 Å². The van der Waals surface area contributed by atoms with Gasteiger partial charge in [0.05, 0.1) is 25.2 Å². The summed E-state index contributed by atoms with van der Waals surface area (Å²) in [5.74, 6) is 0. The van der Waals surface area contributed by atoms with Crippen molar-refractivity contribution < 1.29 is 24.5 Å². The van der Waals surface area contributed by atoms with Crippen molar-refractivity contribution in [3.8, 4) is 11.3 Å². The Morgan fingerprint density at radius 3 is 2.12 bits per heavy atom. The van der Waals surface area contributed by atoms with Gasteiger partial charge in [-0.3, -0.25) is 14.5 Å². The molecule has 142 valence electrons. The zero-order chi connectivity index (χ0) is 19.4. The summed E-state index contributed by atoms with van der Waals surface area (Å²) >= 11 is 0. The van der Waals surface area contributed by atoms with Gasteiger partial charge in [-0.25, -0.2) is 4.98 Å². The number of morpholine rings is 1. The normalized spacial score (nSPS) is 14.8. The molecule has 8 heteroatoms. The number of benzene rings is 1. The Kier molecular flexibility index (Phi) is 9.66. The molecular weight excluding hydrogens is 338 g/mol. The highest BCUT2D eigenvalue weighted by molar-refractivity contribution is 5.58. The molecular formula is C18H25N3O5. The van der Waals surface area contributed by atoms with Crippen LogP contribution in [-0.4, -0.2) is 63.9 Å². The lowest BCUT2D eigenvalue weighted by Crippen LogP contribution is -2.37. The first-order chi connectivity index (χ1) is 12.6. The highest BCUT2D eigenvalue weighted by Crippen LogP contribution is 2.24. The Balaban J connectivity index is 0.000000499. The molecule has 1 aromatic carbocycles. The second-order valence-corrected chi connectivity index (χ2v) is 5.58. The van der Waals surface area contributed by atoms with E-state index < -0.39 is 0 Å². The fraction of sp³-hybridized carbons (Fsp3) is 0.389. The molecule has 1 fully saturated rings. The van der Waals surface area contributed by atoms with Crippen LogP contribution in [0.5, 0.6) is 0 Å². The fourth-order valence-electron chi connectivity index (χ4n) is 2.67. The first-order valence-electron chi connectivity index (χ1n) is 8.13. The van der Waals surface area contributed by atoms with Gasteiger partial charge < -0.3 is 19.5 Å². The van der Waals surface area contributed by atoms with Crippen molar-refractivity contribution in [2.75, 3.05) is 26.3 Å². The lowest BCUT2D eigenvalue weighted by atomic mass is 10.0. The van der Waals surface area contributed by atoms with Crippen LogP contribution < -0.4 is 0 Å². The Hall–Kier alpha value is -2.71. The van der Waals surface area contributed by atoms with Crippen LogP contribution in [0.25, 0.3) is 11.3 Å². The maximum Gasteiger partial charge on any atom is 0.290 e. The number of hydrogen-bond acceptors (Lipinski definition) is 5. The number of ether oxygens (including phenoxy) is 1. The number of nitrogens with zero attached hydrogens (tertiary/aromatic N) is 3. The zero-order valence-electron chi connectivity index (χ0n) is 15.0. The minimum absolute atomic E-state index is 0.250. The number of aromatic nitrogens is 2. The van der Waals surface area contributed by atoms with Gasteiger partial charge in [0.2, 0.25) is 0 Å². The van der Waals surface area contributed by atoms with Crippen molar-refractivity contribution in [1.82, 2.24) is 14.5 Å². The molecule has 1 saturated heterocycles. The Morgan fingerprint density at radius 2 is 1.65 bits per heavy atom. The predicted molar refractivity (Wildman–Crippen MR) is 96.8 cm³/mol. The summed E-state index contributed by atoms with van der Waals surface area (Å²) in [5.41, 5.74) is 3.55. The number of imidazole rings is 1. The summed E-state index contributed by atoms with van der Waals surface area (Å²) in [6, 6.07) is 9.19. The maximum absolute atomic E-state index is 8.36. The van der Waals surface area contributed by atoms with Gasteiger partial charge in [-0.1, -0.05) is 24.3 Å². The summed E-state index contributed by atoms with van der Waals surface area (Å²) in [4.78, 5) is 23.6. The van der Waals surface area contributed by atoms with Crippen molar-refractivity contribution in [3.05, 3.63) is 42.4 Å². The molecule has 0 amide bonds. The van der Waals surface area contributed by atoms with Crippen LogP contribution in [0.15, 0.2) is 36.8 Å². The molecule has 0 spiro atoms. The first kappa shape index (κ1) is 21.3. The monoisotopic (exact) mass is 363 g/mol. The topological polar surface area (TPSA) is 105 Å². The highest BCUT2D eigenvalue weighted by atomic mass is 16.5. The van der Waals surface area contributed by atoms with Crippen molar-refractivity contribution in [2.45, 2.75) is 13.0 Å². The Morgan fingerprint density at radius 1 is 1.12 bits per heavy atom. The van der Waals surface area contributed by atoms with Gasteiger partial charge in [0, 0.05) is 37.9 Å². The van der Waals surface area contributed by atoms with Crippen LogP contribution in [0.2, 0.25) is 0 Å². The van der Waals surface area contributed by atoms with E-state index in [0.717, 1.165) is 32.0 Å². The quantitative estimate of drug-likeness (QED) is 0.802. The lowest BCUT2D eigenvalue weighted by Gasteiger charge is -2.32. The third kappa shape index (κ3) is 6.66. The van der Waals surface area contributed by atoms with E-state index in [-0.39, 0.29) is 12.9 Å². The van der Waals surface area contributed by atoms with Gasteiger partial charge in [-0.05, 0) is 12.5 Å². The number of rotatable bonds is 3. The molecule has 1 atom stereocenters. The van der Waals surface area contributed by atoms with Crippen LogP contribution in [0.3, 0.4) is 0 Å². The number of hydrogen-bond donors (Lipinski definition) is 2. The van der Waals surface area contributed by atoms with Crippen LogP contribution in [0.4, 0.5) is 0 Å². The molecule has 0 aliphatic carbocycles. The average Bonchev–Trinajstić information content (AvgIpc) is 3.10. The third-order valence-electron chi connectivity index (χ3n) is 3.99. The number of carboxylic acid groups (broad SMARTS) is 2. The molecule has 3 rings (SSSR count). The molecule has 26 heavy (non-hydrogen) atoms. The summed E-state index contributed by atoms with van der Waals surface area (Å²) < 4.78 is 7.38. The number of aryl methyl sites for hydroxylation is 1. The molecule has 0 saturated carbocycles. The Bertz CT molecular complexity index is 645. The van der Waals surface area contributed by atoms with E-state index in [9.17, 15) is 0 Å². The van der Waals surface area contributed by atoms with Gasteiger partial charge in [0.15, 0.2) is 0 Å². The standard InChI is InChI=1S/C16H21N3O.2CH2O2/c1-13(19-7-9-20-10-8-19)14-3-5-15(6-4-14)16-11-18(2)12-17-16;2*2-1-3/h3-6,11-13H,7-10H2,1-2H3;2*1H,(H,2,3). The molecule has 8 nitrogen and oxygen atoms in total. The molecule has 0 bridgehead atoms. The van der Waals surface area contributed by atoms with Crippen LogP contribution in [-0.2, 0) is 21.4 Å². The summed E-state index contributed by atoms with van der Waals surface area (Å²) in [7, 11) is 1.99. The maximum atomic E-state index is 8.36. The smallest absolute Gasteiger partial charge is 0.290 e. The van der Waals surface area contributed by atoms with Gasteiger partial charge in [0.1, 0.15) is 0 Å². The van der Waals surface area contributed by atoms with Crippen molar-refractivity contribution in [3.63, 3.8) is 0 Å². The second-order valence-electron chi connectivity index (χ2n) is 5.58. The van der Waals surface area contributed by atoms with Gasteiger partial charge in [-0.2, -0.15) is 0 Å². The van der Waals surface area contributed by atoms with Crippen molar-refractivity contribution >= 4 is 12.9 Å². The summed E-state index contributed by atoms with van der Waals surface area (Å²) in [6.07, 6.45) is 3.88. The largest absolute Gasteiger partial charge is 0.483 e. The SMILES string of the molecule is CC(c1ccc(-c2cn(C)cn2)cc1)N1CCOCC1.O=CO.O=CO. The minimum atomic E-state index is -0.250. The van der Waals surface area contributed by atoms with E-state index >= 15 is 0 Å². The fourth-order valence-corrected chi connectivity index (χ4v) is 2.67. The molecule has 1 unspecified atom stereocenters. The molecule has 1 aromatic heterocycles. The van der Waals surface area contributed by atoms with Crippen LogP contribution >= 0.6 is 0 Å². The molecule has 0 radical (unpaired) electrons. The predicted octanol–water partition coefficient (Wildman–Crippen LogP) is 1.88. The second kappa shape index (κ2) is 11.8. The van der Waals surface area contributed by atoms with Gasteiger partial charge in [0.25, 0.3) is 12.9 Å². The summed E-state index contributed by atoms with van der Waals surface area (Å²) in [6.45, 7) is 5.49. The lowest BCUT2D eigenvalue weighted by molar-refractivity contribution is -0.123. The number of carbonyl (C=O) groups is 2. The highest BCUT2D eigenvalue weighted by Gasteiger charge is 2.18. The van der Waals surface area contributed by atoms with E-state index in [2.05, 4.69) is 41.1 Å². The first-order valence-corrected chi connectivity index (χ1v) is 8.13. The van der Waals surface area contributed by atoms with Gasteiger partial charge in [-0.15, -0.1) is 0 Å². The van der Waals surface area contributed by atoms with Crippen molar-refractivity contribution in [2.24, 2.45) is 7.05 Å². The molecule has 1 aliphatic rings. The Labute approximate surface area is 152 Å². The summed E-state index contributed by atoms with van der Waals surface area (Å²) in [5, 5.41) is 13.8. The minimum Gasteiger partial charge on any atom is -0.483 e. The molecule has 1 aliphatic heterocycles. The van der Waals surface area contributed by atoms with Crippen LogP contribution in [0, 0.1) is 0 Å². The molecule has 2 N–H and O–H groups in total. The average molecular weight is 363 g/mol. The molecule has 2 aromatic rings. The zero-order valence-corrected chi connectivity index (χ0v) is 15.0. The van der Waals surface area contributed by atoms with Crippen molar-refractivity contribution in [1.29, 1.82) is 0 Å². The van der Waals surface area contributed by atoms with Crippen LogP contribution in [0.1, 0.15) is 18.5 Å². The van der Waals surface area contributed by atoms with E-state index in [1.807, 2.05) is 24.1 Å². The van der Waals surface area contributed by atoms with E-state index in [0.29, 0.717) is 6.04 Å². The molecule has 2 heterocycles. The van der Waals surface area contributed by atoms with E-state index in [4.69, 9.17) is 24.5 Å². The van der Waals surface area contributed by atoms with E-state index in [1.54, 1.807) is 0 Å². The third-order valence-corrected chi connectivity index (χ3v) is 3.99. The van der Waals surface area contributed by atoms with Gasteiger partial charge >= 0.3 is 0 Å².